The first-order valence-electron chi connectivity index (χ1n) is 9.82. The first-order valence-corrected chi connectivity index (χ1v) is 9.82. The summed E-state index contributed by atoms with van der Waals surface area (Å²) in [5.74, 6) is -2.39. The lowest BCUT2D eigenvalue weighted by Crippen LogP contribution is -2.52. The molecule has 1 atom stereocenters. The zero-order valence-corrected chi connectivity index (χ0v) is 17.6. The van der Waals surface area contributed by atoms with E-state index in [9.17, 15) is 18.4 Å². The summed E-state index contributed by atoms with van der Waals surface area (Å²) in [6, 6.07) is 2.36. The maximum Gasteiger partial charge on any atom is 0.272 e. The molecule has 7 nitrogen and oxygen atoms in total. The van der Waals surface area contributed by atoms with Gasteiger partial charge in [0.1, 0.15) is 23.5 Å². The van der Waals surface area contributed by atoms with Crippen LogP contribution in [0.2, 0.25) is 0 Å². The molecule has 162 valence electrons. The number of amides is 2. The van der Waals surface area contributed by atoms with Crippen LogP contribution in [0.4, 0.5) is 8.78 Å². The molecule has 1 aliphatic heterocycles. The Hall–Kier alpha value is -2.81. The summed E-state index contributed by atoms with van der Waals surface area (Å²) in [5, 5.41) is 2.69. The number of halogens is 2. The molecule has 0 fully saturated rings. The Morgan fingerprint density at radius 3 is 2.53 bits per heavy atom. The van der Waals surface area contributed by atoms with Gasteiger partial charge in [-0.1, -0.05) is 20.8 Å². The quantitative estimate of drug-likeness (QED) is 0.795. The van der Waals surface area contributed by atoms with Crippen LogP contribution in [0.5, 0.6) is 0 Å². The topological polar surface area (TPSA) is 93.2 Å². The van der Waals surface area contributed by atoms with Crippen LogP contribution >= 0.6 is 0 Å². The van der Waals surface area contributed by atoms with Gasteiger partial charge < -0.3 is 20.5 Å². The fourth-order valence-electron chi connectivity index (χ4n) is 3.69. The fraction of sp³-hybridized carbons (Fsp3) is 0.476. The number of nitrogens with zero attached hydrogens (tertiary/aromatic N) is 3. The first kappa shape index (κ1) is 21.9. The Labute approximate surface area is 174 Å². The summed E-state index contributed by atoms with van der Waals surface area (Å²) in [7, 11) is 1.92. The monoisotopic (exact) mass is 419 g/mol. The molecular weight excluding hydrogens is 392 g/mol. The number of fused-ring (bicyclic) bond motifs is 1. The standard InChI is InChI=1S/C21H27F2N5O2/c1-21(2,3)17(18(24)29)26-20(30)16-15-11-27(4)8-5-9-28(15)19(25-16)13-7-6-12(22)10-14(13)23/h6-7,10,17H,5,8-9,11H2,1-4H3,(H2,24,29)(H,26,30)/t17-/m1/s1. The van der Waals surface area contributed by atoms with Crippen molar-refractivity contribution in [2.24, 2.45) is 11.1 Å². The van der Waals surface area contributed by atoms with Crippen LogP contribution in [0.1, 0.15) is 43.4 Å². The molecular formula is C21H27F2N5O2. The lowest BCUT2D eigenvalue weighted by atomic mass is 9.86. The van der Waals surface area contributed by atoms with Crippen LogP contribution in [-0.4, -0.2) is 45.9 Å². The lowest BCUT2D eigenvalue weighted by molar-refractivity contribution is -0.122. The summed E-state index contributed by atoms with van der Waals surface area (Å²) >= 11 is 0. The molecule has 3 N–H and O–H groups in total. The highest BCUT2D eigenvalue weighted by atomic mass is 19.1. The number of rotatable bonds is 4. The molecule has 0 radical (unpaired) electrons. The van der Waals surface area contributed by atoms with Crippen LogP contribution < -0.4 is 11.1 Å². The number of carbonyl (C=O) groups excluding carboxylic acids is 2. The summed E-state index contributed by atoms with van der Waals surface area (Å²) < 4.78 is 29.7. The van der Waals surface area contributed by atoms with Crippen LogP contribution in [0.3, 0.4) is 0 Å². The van der Waals surface area contributed by atoms with Gasteiger partial charge in [-0.15, -0.1) is 0 Å². The molecule has 2 heterocycles. The van der Waals surface area contributed by atoms with Gasteiger partial charge in [0, 0.05) is 19.2 Å². The van der Waals surface area contributed by atoms with Gasteiger partial charge in [0.05, 0.1) is 11.3 Å². The largest absolute Gasteiger partial charge is 0.368 e. The van der Waals surface area contributed by atoms with E-state index in [1.54, 1.807) is 25.3 Å². The maximum atomic E-state index is 14.5. The number of carbonyl (C=O) groups is 2. The average Bonchev–Trinajstić information content (AvgIpc) is 2.84. The molecule has 0 saturated carbocycles. The molecule has 9 heteroatoms. The van der Waals surface area contributed by atoms with Crippen LogP contribution in [0.25, 0.3) is 11.4 Å². The first-order chi connectivity index (χ1) is 14.0. The predicted molar refractivity (Wildman–Crippen MR) is 108 cm³/mol. The molecule has 0 saturated heterocycles. The predicted octanol–water partition coefficient (Wildman–Crippen LogP) is 2.29. The minimum Gasteiger partial charge on any atom is -0.368 e. The van der Waals surface area contributed by atoms with Crippen molar-refractivity contribution in [2.45, 2.75) is 46.3 Å². The summed E-state index contributed by atoms with van der Waals surface area (Å²) in [5.41, 5.74) is 5.73. The third-order valence-corrected chi connectivity index (χ3v) is 5.23. The van der Waals surface area contributed by atoms with Gasteiger partial charge in [0.2, 0.25) is 5.91 Å². The highest BCUT2D eigenvalue weighted by molar-refractivity contribution is 5.97. The summed E-state index contributed by atoms with van der Waals surface area (Å²) in [4.78, 5) is 31.5. The third kappa shape index (κ3) is 4.35. The van der Waals surface area contributed by atoms with Crippen LogP contribution in [0.15, 0.2) is 18.2 Å². The second-order valence-electron chi connectivity index (χ2n) is 8.77. The van der Waals surface area contributed by atoms with E-state index in [2.05, 4.69) is 10.3 Å². The number of primary amides is 1. The number of imidazole rings is 1. The highest BCUT2D eigenvalue weighted by Crippen LogP contribution is 2.29. The second-order valence-corrected chi connectivity index (χ2v) is 8.77. The Morgan fingerprint density at radius 2 is 1.93 bits per heavy atom. The van der Waals surface area contributed by atoms with E-state index in [0.717, 1.165) is 25.1 Å². The van der Waals surface area contributed by atoms with E-state index in [-0.39, 0.29) is 17.1 Å². The molecule has 0 unspecified atom stereocenters. The smallest absolute Gasteiger partial charge is 0.272 e. The molecule has 0 aliphatic carbocycles. The van der Waals surface area contributed by atoms with Gasteiger partial charge in [0.15, 0.2) is 5.69 Å². The van der Waals surface area contributed by atoms with E-state index in [1.165, 1.54) is 6.07 Å². The zero-order chi connectivity index (χ0) is 22.2. The average molecular weight is 419 g/mol. The van der Waals surface area contributed by atoms with E-state index in [4.69, 9.17) is 5.73 Å². The Balaban J connectivity index is 2.09. The molecule has 1 aliphatic rings. The van der Waals surface area contributed by atoms with Gasteiger partial charge in [0.25, 0.3) is 5.91 Å². The van der Waals surface area contributed by atoms with E-state index < -0.39 is 34.9 Å². The molecule has 1 aromatic heterocycles. The van der Waals surface area contributed by atoms with Gasteiger partial charge in [-0.2, -0.15) is 0 Å². The van der Waals surface area contributed by atoms with E-state index >= 15 is 0 Å². The van der Waals surface area contributed by atoms with E-state index in [1.807, 2.05) is 11.9 Å². The molecule has 3 rings (SSSR count). The maximum absolute atomic E-state index is 14.5. The number of hydrogen-bond donors (Lipinski definition) is 2. The number of benzene rings is 1. The Kier molecular flexibility index (Phi) is 5.94. The van der Waals surface area contributed by atoms with Gasteiger partial charge in [-0.3, -0.25) is 9.59 Å². The van der Waals surface area contributed by atoms with Crippen LogP contribution in [0, 0.1) is 17.0 Å². The van der Waals surface area contributed by atoms with Crippen molar-refractivity contribution < 1.29 is 18.4 Å². The number of nitrogens with one attached hydrogen (secondary N) is 1. The van der Waals surface area contributed by atoms with Crippen molar-refractivity contribution >= 4 is 11.8 Å². The third-order valence-electron chi connectivity index (χ3n) is 5.23. The molecule has 0 bridgehead atoms. The SMILES string of the molecule is CN1CCCn2c(-c3ccc(F)cc3F)nc(C(=O)N[C@H](C(N)=O)C(C)(C)C)c2C1. The molecule has 0 spiro atoms. The Bertz CT molecular complexity index is 981. The van der Waals surface area contributed by atoms with Gasteiger partial charge >= 0.3 is 0 Å². The van der Waals surface area contributed by atoms with Crippen molar-refractivity contribution in [3.8, 4) is 11.4 Å². The highest BCUT2D eigenvalue weighted by Gasteiger charge is 2.34. The van der Waals surface area contributed by atoms with Crippen molar-refractivity contribution in [3.63, 3.8) is 0 Å². The molecule has 30 heavy (non-hydrogen) atoms. The van der Waals surface area contributed by atoms with Crippen molar-refractivity contribution in [2.75, 3.05) is 13.6 Å². The lowest BCUT2D eigenvalue weighted by Gasteiger charge is -2.28. The molecule has 2 aromatic rings. The van der Waals surface area contributed by atoms with Crippen LogP contribution in [-0.2, 0) is 17.9 Å². The van der Waals surface area contributed by atoms with Crippen molar-refractivity contribution in [3.05, 3.63) is 41.2 Å². The summed E-state index contributed by atoms with van der Waals surface area (Å²) in [6.07, 6.45) is 0.780. The van der Waals surface area contributed by atoms with Crippen molar-refractivity contribution in [1.82, 2.24) is 19.8 Å². The minimum absolute atomic E-state index is 0.109. The van der Waals surface area contributed by atoms with Gasteiger partial charge in [-0.05, 0) is 37.6 Å². The minimum atomic E-state index is -0.906. The summed E-state index contributed by atoms with van der Waals surface area (Å²) in [6.45, 7) is 7.14. The number of aromatic nitrogens is 2. The van der Waals surface area contributed by atoms with Gasteiger partial charge in [-0.25, -0.2) is 13.8 Å². The fourth-order valence-corrected chi connectivity index (χ4v) is 3.69. The Morgan fingerprint density at radius 1 is 1.23 bits per heavy atom. The normalized spacial score (nSPS) is 15.9. The number of hydrogen-bond acceptors (Lipinski definition) is 4. The van der Waals surface area contributed by atoms with Crippen molar-refractivity contribution in [1.29, 1.82) is 0 Å². The second kappa shape index (κ2) is 8.14. The number of nitrogens with two attached hydrogens (primary N) is 1. The molecule has 2 amide bonds. The van der Waals surface area contributed by atoms with E-state index in [0.29, 0.717) is 18.8 Å². The molecule has 1 aromatic carbocycles. The zero-order valence-electron chi connectivity index (χ0n) is 17.6.